The Kier molecular flexibility index (Phi) is 6.37. The van der Waals surface area contributed by atoms with Gasteiger partial charge in [-0.15, -0.1) is 11.8 Å². The molecule has 1 amide bonds. The molecule has 0 heterocycles. The summed E-state index contributed by atoms with van der Waals surface area (Å²) < 4.78 is 0. The van der Waals surface area contributed by atoms with Crippen LogP contribution in [0.4, 0.5) is 11.4 Å². The third-order valence-electron chi connectivity index (χ3n) is 3.41. The second-order valence-electron chi connectivity index (χ2n) is 5.48. The fraction of sp³-hybridized carbons (Fsp3) is 0.278. The second kappa shape index (κ2) is 8.27. The summed E-state index contributed by atoms with van der Waals surface area (Å²) in [5.41, 5.74) is 2.89. The molecule has 1 unspecified atom stereocenters. The van der Waals surface area contributed by atoms with E-state index in [0.717, 1.165) is 17.1 Å². The maximum atomic E-state index is 12.4. The van der Waals surface area contributed by atoms with Gasteiger partial charge in [-0.1, -0.05) is 41.9 Å². The molecule has 2 aromatic carbocycles. The van der Waals surface area contributed by atoms with E-state index in [1.54, 1.807) is 17.8 Å². The topological polar surface area (TPSA) is 32.3 Å². The lowest BCUT2D eigenvalue weighted by atomic mass is 10.2. The third-order valence-corrected chi connectivity index (χ3v) is 4.86. The third kappa shape index (κ3) is 5.19. The summed E-state index contributed by atoms with van der Waals surface area (Å²) >= 11 is 7.67. The van der Waals surface area contributed by atoms with Gasteiger partial charge < -0.3 is 10.2 Å². The molecular formula is C18H21ClN2OS. The molecule has 0 bridgehead atoms. The van der Waals surface area contributed by atoms with E-state index in [1.165, 1.54) is 5.56 Å². The van der Waals surface area contributed by atoms with Gasteiger partial charge in [-0.3, -0.25) is 4.79 Å². The SMILES string of the molecule is CC(SCc1ccccc1)C(=O)Nc1cc(Cl)ccc1N(C)C. The fourth-order valence-electron chi connectivity index (χ4n) is 2.10. The molecule has 2 aromatic rings. The van der Waals surface area contributed by atoms with Crippen LogP contribution in [0.1, 0.15) is 12.5 Å². The molecule has 0 fully saturated rings. The highest BCUT2D eigenvalue weighted by molar-refractivity contribution is 7.99. The summed E-state index contributed by atoms with van der Waals surface area (Å²) in [5.74, 6) is 0.794. The minimum atomic E-state index is -0.149. The molecule has 122 valence electrons. The maximum Gasteiger partial charge on any atom is 0.237 e. The summed E-state index contributed by atoms with van der Waals surface area (Å²) in [6.45, 7) is 1.92. The first kappa shape index (κ1) is 17.7. The van der Waals surface area contributed by atoms with Crippen molar-refractivity contribution in [3.05, 3.63) is 59.1 Å². The number of rotatable bonds is 6. The second-order valence-corrected chi connectivity index (χ2v) is 7.25. The first-order chi connectivity index (χ1) is 11.0. The van der Waals surface area contributed by atoms with Gasteiger partial charge in [0.15, 0.2) is 0 Å². The molecule has 0 saturated heterocycles. The van der Waals surface area contributed by atoms with E-state index in [9.17, 15) is 4.79 Å². The van der Waals surface area contributed by atoms with E-state index >= 15 is 0 Å². The van der Waals surface area contributed by atoms with Crippen LogP contribution in [0.5, 0.6) is 0 Å². The number of nitrogens with zero attached hydrogens (tertiary/aromatic N) is 1. The zero-order valence-corrected chi connectivity index (χ0v) is 15.1. The van der Waals surface area contributed by atoms with Crippen LogP contribution in [0, 0.1) is 0 Å². The van der Waals surface area contributed by atoms with Crippen LogP contribution in [-0.2, 0) is 10.5 Å². The van der Waals surface area contributed by atoms with Crippen molar-refractivity contribution in [2.24, 2.45) is 0 Å². The van der Waals surface area contributed by atoms with E-state index in [4.69, 9.17) is 11.6 Å². The number of hydrogen-bond donors (Lipinski definition) is 1. The molecule has 0 radical (unpaired) electrons. The molecule has 1 atom stereocenters. The van der Waals surface area contributed by atoms with Gasteiger partial charge in [0, 0.05) is 24.9 Å². The lowest BCUT2D eigenvalue weighted by Gasteiger charge is -2.19. The molecule has 0 aliphatic heterocycles. The molecule has 0 aromatic heterocycles. The number of hydrogen-bond acceptors (Lipinski definition) is 3. The summed E-state index contributed by atoms with van der Waals surface area (Å²) in [6, 6.07) is 15.7. The Balaban J connectivity index is 1.99. The highest BCUT2D eigenvalue weighted by Gasteiger charge is 2.16. The minimum absolute atomic E-state index is 0.0173. The van der Waals surface area contributed by atoms with Crippen molar-refractivity contribution in [1.82, 2.24) is 0 Å². The summed E-state index contributed by atoms with van der Waals surface area (Å²) in [6.07, 6.45) is 0. The van der Waals surface area contributed by atoms with Gasteiger partial charge in [0.25, 0.3) is 0 Å². The van der Waals surface area contributed by atoms with E-state index in [2.05, 4.69) is 17.4 Å². The monoisotopic (exact) mass is 348 g/mol. The number of benzene rings is 2. The molecule has 0 aliphatic carbocycles. The number of thioether (sulfide) groups is 1. The van der Waals surface area contributed by atoms with Crippen LogP contribution in [0.2, 0.25) is 5.02 Å². The lowest BCUT2D eigenvalue weighted by molar-refractivity contribution is -0.115. The molecule has 3 nitrogen and oxygen atoms in total. The Labute approximate surface area is 147 Å². The summed E-state index contributed by atoms with van der Waals surface area (Å²) in [4.78, 5) is 14.4. The Morgan fingerprint density at radius 3 is 2.57 bits per heavy atom. The molecular weight excluding hydrogens is 328 g/mol. The van der Waals surface area contributed by atoms with Gasteiger partial charge in [0.1, 0.15) is 0 Å². The minimum Gasteiger partial charge on any atom is -0.376 e. The maximum absolute atomic E-state index is 12.4. The first-order valence-electron chi connectivity index (χ1n) is 7.40. The van der Waals surface area contributed by atoms with Gasteiger partial charge in [0.2, 0.25) is 5.91 Å². The van der Waals surface area contributed by atoms with Crippen LogP contribution >= 0.6 is 23.4 Å². The van der Waals surface area contributed by atoms with Crippen LogP contribution in [0.25, 0.3) is 0 Å². The number of carbonyl (C=O) groups is 1. The molecule has 0 spiro atoms. The largest absolute Gasteiger partial charge is 0.376 e. The highest BCUT2D eigenvalue weighted by Crippen LogP contribution is 2.29. The zero-order valence-electron chi connectivity index (χ0n) is 13.5. The molecule has 0 aliphatic rings. The number of halogens is 1. The molecule has 2 rings (SSSR count). The van der Waals surface area contributed by atoms with Crippen LogP contribution in [0.15, 0.2) is 48.5 Å². The number of carbonyl (C=O) groups excluding carboxylic acids is 1. The number of anilines is 2. The molecule has 5 heteroatoms. The summed E-state index contributed by atoms with van der Waals surface area (Å²) in [5, 5.41) is 3.44. The van der Waals surface area contributed by atoms with Crippen LogP contribution < -0.4 is 10.2 Å². The van der Waals surface area contributed by atoms with Gasteiger partial charge in [-0.25, -0.2) is 0 Å². The van der Waals surface area contributed by atoms with Gasteiger partial charge in [0.05, 0.1) is 16.6 Å². The highest BCUT2D eigenvalue weighted by atomic mass is 35.5. The van der Waals surface area contributed by atoms with Gasteiger partial charge in [-0.05, 0) is 30.7 Å². The Morgan fingerprint density at radius 2 is 1.91 bits per heavy atom. The van der Waals surface area contributed by atoms with Crippen molar-refractivity contribution in [3.63, 3.8) is 0 Å². The standard InChI is InChI=1S/C18H21ClN2OS/c1-13(23-12-14-7-5-4-6-8-14)18(22)20-16-11-15(19)9-10-17(16)21(2)3/h4-11,13H,12H2,1-3H3,(H,20,22). The fourth-order valence-corrected chi connectivity index (χ4v) is 3.12. The number of nitrogens with one attached hydrogen (secondary N) is 1. The predicted molar refractivity (Wildman–Crippen MR) is 102 cm³/mol. The van der Waals surface area contributed by atoms with E-state index in [1.807, 2.05) is 56.3 Å². The van der Waals surface area contributed by atoms with Crippen molar-refractivity contribution in [2.75, 3.05) is 24.3 Å². The lowest BCUT2D eigenvalue weighted by Crippen LogP contribution is -2.24. The smallest absolute Gasteiger partial charge is 0.237 e. The summed E-state index contributed by atoms with van der Waals surface area (Å²) in [7, 11) is 3.87. The quantitative estimate of drug-likeness (QED) is 0.823. The Bertz CT molecular complexity index is 661. The van der Waals surface area contributed by atoms with Gasteiger partial charge >= 0.3 is 0 Å². The molecule has 23 heavy (non-hydrogen) atoms. The van der Waals surface area contributed by atoms with E-state index in [0.29, 0.717) is 5.02 Å². The van der Waals surface area contributed by atoms with Crippen molar-refractivity contribution in [2.45, 2.75) is 17.9 Å². The molecule has 0 saturated carbocycles. The van der Waals surface area contributed by atoms with Crippen LogP contribution in [-0.4, -0.2) is 25.3 Å². The van der Waals surface area contributed by atoms with E-state index < -0.39 is 0 Å². The number of amides is 1. The molecule has 1 N–H and O–H groups in total. The Hall–Kier alpha value is -1.65. The normalized spacial score (nSPS) is 11.8. The predicted octanol–water partition coefficient (Wildman–Crippen LogP) is 4.67. The van der Waals surface area contributed by atoms with Crippen molar-refractivity contribution in [3.8, 4) is 0 Å². The zero-order chi connectivity index (χ0) is 16.8. The average Bonchev–Trinajstić information content (AvgIpc) is 2.53. The average molecular weight is 349 g/mol. The van der Waals surface area contributed by atoms with Crippen molar-refractivity contribution in [1.29, 1.82) is 0 Å². The first-order valence-corrected chi connectivity index (χ1v) is 8.83. The van der Waals surface area contributed by atoms with E-state index in [-0.39, 0.29) is 11.2 Å². The van der Waals surface area contributed by atoms with Crippen LogP contribution in [0.3, 0.4) is 0 Å². The Morgan fingerprint density at radius 1 is 1.22 bits per heavy atom. The van der Waals surface area contributed by atoms with Crippen molar-refractivity contribution < 1.29 is 4.79 Å². The van der Waals surface area contributed by atoms with Crippen molar-refractivity contribution >= 4 is 40.6 Å². The van der Waals surface area contributed by atoms with Gasteiger partial charge in [-0.2, -0.15) is 0 Å².